The van der Waals surface area contributed by atoms with E-state index in [-0.39, 0.29) is 24.2 Å². The Balaban J connectivity index is 0.00000288. The third kappa shape index (κ3) is 5.54. The van der Waals surface area contributed by atoms with Gasteiger partial charge in [0.15, 0.2) is 11.5 Å². The molecule has 0 aromatic heterocycles. The highest BCUT2D eigenvalue weighted by Gasteiger charge is 2.26. The average molecular weight is 359 g/mol. The van der Waals surface area contributed by atoms with Gasteiger partial charge in [-0.15, -0.1) is 12.4 Å². The van der Waals surface area contributed by atoms with Crippen LogP contribution in [0, 0.1) is 5.92 Å². The van der Waals surface area contributed by atoms with Crippen molar-refractivity contribution in [2.75, 3.05) is 26.9 Å². The van der Waals surface area contributed by atoms with Gasteiger partial charge in [-0.2, -0.15) is 0 Å². The molecule has 2 rings (SSSR count). The Morgan fingerprint density at radius 1 is 1.38 bits per heavy atom. The molecule has 0 saturated carbocycles. The summed E-state index contributed by atoms with van der Waals surface area (Å²) >= 11 is 0. The number of benzene rings is 1. The molecule has 136 valence electrons. The number of nitrogens with two attached hydrogens (primary N) is 1. The fraction of sp³-hybridized carbons (Fsp3) is 0.588. The molecule has 6 nitrogen and oxygen atoms in total. The van der Waals surface area contributed by atoms with Gasteiger partial charge in [-0.25, -0.2) is 0 Å². The van der Waals surface area contributed by atoms with Crippen molar-refractivity contribution in [2.24, 2.45) is 11.7 Å². The maximum atomic E-state index is 12.2. The summed E-state index contributed by atoms with van der Waals surface area (Å²) in [6.07, 6.45) is 1.68. The van der Waals surface area contributed by atoms with Gasteiger partial charge in [-0.05, 0) is 43.4 Å². The number of hydrogen-bond acceptors (Lipinski definition) is 5. The van der Waals surface area contributed by atoms with Crippen LogP contribution in [0.4, 0.5) is 0 Å². The summed E-state index contributed by atoms with van der Waals surface area (Å²) in [5, 5.41) is 2.90. The smallest absolute Gasteiger partial charge is 0.237 e. The predicted molar refractivity (Wildman–Crippen MR) is 94.8 cm³/mol. The van der Waals surface area contributed by atoms with Crippen LogP contribution in [-0.2, 0) is 16.1 Å². The molecule has 1 atom stereocenters. The third-order valence-electron chi connectivity index (χ3n) is 4.07. The summed E-state index contributed by atoms with van der Waals surface area (Å²) in [6.45, 7) is 4.28. The van der Waals surface area contributed by atoms with Crippen molar-refractivity contribution in [1.82, 2.24) is 5.32 Å². The third-order valence-corrected chi connectivity index (χ3v) is 4.07. The van der Waals surface area contributed by atoms with Gasteiger partial charge in [0.1, 0.15) is 0 Å². The van der Waals surface area contributed by atoms with Gasteiger partial charge < -0.3 is 25.3 Å². The minimum Gasteiger partial charge on any atom is -0.493 e. The Hall–Kier alpha value is -1.50. The summed E-state index contributed by atoms with van der Waals surface area (Å²) in [7, 11) is 1.60. The number of nitrogens with one attached hydrogen (secondary N) is 1. The minimum absolute atomic E-state index is 0. The molecule has 1 fully saturated rings. The van der Waals surface area contributed by atoms with E-state index in [0.29, 0.717) is 37.9 Å². The lowest BCUT2D eigenvalue weighted by Gasteiger charge is -2.26. The summed E-state index contributed by atoms with van der Waals surface area (Å²) in [5.74, 6) is 1.43. The van der Waals surface area contributed by atoms with Crippen LogP contribution in [0.5, 0.6) is 11.5 Å². The minimum atomic E-state index is -0.483. The van der Waals surface area contributed by atoms with Crippen molar-refractivity contribution in [1.29, 1.82) is 0 Å². The first-order valence-electron chi connectivity index (χ1n) is 8.06. The fourth-order valence-electron chi connectivity index (χ4n) is 2.69. The summed E-state index contributed by atoms with van der Waals surface area (Å²) < 4.78 is 16.1. The van der Waals surface area contributed by atoms with Gasteiger partial charge >= 0.3 is 0 Å². The van der Waals surface area contributed by atoms with E-state index in [0.717, 1.165) is 18.4 Å². The van der Waals surface area contributed by atoms with Gasteiger partial charge in [-0.1, -0.05) is 6.07 Å². The normalized spacial score (nSPS) is 16.0. The molecule has 1 heterocycles. The molecule has 1 unspecified atom stereocenters. The maximum absolute atomic E-state index is 12.2. The topological polar surface area (TPSA) is 82.8 Å². The van der Waals surface area contributed by atoms with Crippen molar-refractivity contribution in [2.45, 2.75) is 32.4 Å². The summed E-state index contributed by atoms with van der Waals surface area (Å²) in [6, 6.07) is 5.14. The number of methoxy groups -OCH3 is 1. The fourth-order valence-corrected chi connectivity index (χ4v) is 2.69. The van der Waals surface area contributed by atoms with Crippen LogP contribution >= 0.6 is 12.4 Å². The van der Waals surface area contributed by atoms with E-state index in [2.05, 4.69) is 5.32 Å². The monoisotopic (exact) mass is 358 g/mol. The second-order valence-electron chi connectivity index (χ2n) is 5.61. The number of hydrogen-bond donors (Lipinski definition) is 2. The van der Waals surface area contributed by atoms with Crippen LogP contribution in [0.25, 0.3) is 0 Å². The van der Waals surface area contributed by atoms with Crippen LogP contribution in [0.1, 0.15) is 25.3 Å². The van der Waals surface area contributed by atoms with E-state index in [1.165, 1.54) is 0 Å². The number of rotatable bonds is 7. The van der Waals surface area contributed by atoms with Crippen LogP contribution < -0.4 is 20.5 Å². The number of carbonyl (C=O) groups is 1. The van der Waals surface area contributed by atoms with Crippen molar-refractivity contribution in [3.63, 3.8) is 0 Å². The first-order valence-corrected chi connectivity index (χ1v) is 8.06. The van der Waals surface area contributed by atoms with E-state index in [9.17, 15) is 4.79 Å². The zero-order valence-corrected chi connectivity index (χ0v) is 15.1. The highest BCUT2D eigenvalue weighted by molar-refractivity contribution is 5.85. The zero-order valence-electron chi connectivity index (χ0n) is 14.2. The van der Waals surface area contributed by atoms with Crippen LogP contribution in [0.15, 0.2) is 18.2 Å². The van der Waals surface area contributed by atoms with Crippen LogP contribution in [-0.4, -0.2) is 38.9 Å². The van der Waals surface area contributed by atoms with E-state index in [1.54, 1.807) is 7.11 Å². The van der Waals surface area contributed by atoms with Gasteiger partial charge in [0.25, 0.3) is 0 Å². The molecular weight excluding hydrogens is 332 g/mol. The Bertz CT molecular complexity index is 521. The standard InChI is InChI=1S/C17H26N2O4.ClH/c1-3-23-14-5-4-12(10-15(14)21-2)11-19-17(20)16(18)13-6-8-22-9-7-13;/h4-5,10,13,16H,3,6-9,11,18H2,1-2H3,(H,19,20);1H. The molecule has 1 aliphatic rings. The SMILES string of the molecule is CCOc1ccc(CNC(=O)C(N)C2CCOCC2)cc1OC.Cl. The van der Waals surface area contributed by atoms with Crippen LogP contribution in [0.2, 0.25) is 0 Å². The summed E-state index contributed by atoms with van der Waals surface area (Å²) in [4.78, 5) is 12.2. The molecule has 0 aliphatic carbocycles. The quantitative estimate of drug-likeness (QED) is 0.777. The summed E-state index contributed by atoms with van der Waals surface area (Å²) in [5.41, 5.74) is 7.01. The predicted octanol–water partition coefficient (Wildman–Crippen LogP) is 1.89. The number of amides is 1. The molecule has 0 spiro atoms. The average Bonchev–Trinajstić information content (AvgIpc) is 2.60. The van der Waals surface area contributed by atoms with Crippen LogP contribution in [0.3, 0.4) is 0 Å². The number of ether oxygens (including phenoxy) is 3. The van der Waals surface area contributed by atoms with Gasteiger partial charge in [0.05, 0.1) is 19.8 Å². The van der Waals surface area contributed by atoms with Crippen molar-refractivity contribution >= 4 is 18.3 Å². The molecular formula is C17H27ClN2O4. The van der Waals surface area contributed by atoms with Gasteiger partial charge in [-0.3, -0.25) is 4.79 Å². The molecule has 0 bridgehead atoms. The van der Waals surface area contributed by atoms with E-state index < -0.39 is 6.04 Å². The lowest BCUT2D eigenvalue weighted by Crippen LogP contribution is -2.46. The van der Waals surface area contributed by atoms with E-state index >= 15 is 0 Å². The zero-order chi connectivity index (χ0) is 16.7. The molecule has 0 radical (unpaired) electrons. The molecule has 1 aromatic carbocycles. The molecule has 1 aromatic rings. The van der Waals surface area contributed by atoms with Crippen molar-refractivity contribution < 1.29 is 19.0 Å². The molecule has 1 aliphatic heterocycles. The second kappa shape index (κ2) is 10.4. The van der Waals surface area contributed by atoms with E-state index in [4.69, 9.17) is 19.9 Å². The Morgan fingerprint density at radius 3 is 2.71 bits per heavy atom. The highest BCUT2D eigenvalue weighted by Crippen LogP contribution is 2.28. The van der Waals surface area contributed by atoms with Gasteiger partial charge in [0, 0.05) is 19.8 Å². The maximum Gasteiger partial charge on any atom is 0.237 e. The Labute approximate surface area is 149 Å². The lowest BCUT2D eigenvalue weighted by molar-refractivity contribution is -0.124. The first kappa shape index (κ1) is 20.5. The Morgan fingerprint density at radius 2 is 2.08 bits per heavy atom. The first-order chi connectivity index (χ1) is 11.2. The second-order valence-corrected chi connectivity index (χ2v) is 5.61. The number of halogens is 1. The largest absolute Gasteiger partial charge is 0.493 e. The lowest BCUT2D eigenvalue weighted by atomic mass is 9.92. The number of carbonyl (C=O) groups excluding carboxylic acids is 1. The molecule has 7 heteroatoms. The van der Waals surface area contributed by atoms with Gasteiger partial charge in [0.2, 0.25) is 5.91 Å². The van der Waals surface area contributed by atoms with E-state index in [1.807, 2.05) is 25.1 Å². The molecule has 1 saturated heterocycles. The Kier molecular flexibility index (Phi) is 8.89. The molecule has 1 amide bonds. The van der Waals surface area contributed by atoms with Crippen molar-refractivity contribution in [3.8, 4) is 11.5 Å². The molecule has 3 N–H and O–H groups in total. The molecule has 24 heavy (non-hydrogen) atoms. The highest BCUT2D eigenvalue weighted by atomic mass is 35.5. The van der Waals surface area contributed by atoms with Crippen molar-refractivity contribution in [3.05, 3.63) is 23.8 Å².